The molecule has 3 heteroatoms. The topological polar surface area (TPSA) is 29.5 Å². The van der Waals surface area contributed by atoms with Crippen LogP contribution in [0.25, 0.3) is 0 Å². The van der Waals surface area contributed by atoms with Gasteiger partial charge in [-0.2, -0.15) is 0 Å². The highest BCUT2D eigenvalue weighted by Gasteiger charge is 1.99. The Morgan fingerprint density at radius 1 is 1.12 bits per heavy atom. The molecule has 16 heavy (non-hydrogen) atoms. The Morgan fingerprint density at radius 3 is 2.25 bits per heavy atom. The minimum absolute atomic E-state index is 0.231. The van der Waals surface area contributed by atoms with Crippen molar-refractivity contribution >= 4 is 5.97 Å². The molecule has 0 fully saturated rings. The summed E-state index contributed by atoms with van der Waals surface area (Å²) in [5.74, 6) is -0.231. The number of ether oxygens (including phenoxy) is 1. The molecule has 0 saturated carbocycles. The minimum Gasteiger partial charge on any atom is -0.462 e. The van der Waals surface area contributed by atoms with Gasteiger partial charge in [-0.1, -0.05) is 27.2 Å². The van der Waals surface area contributed by atoms with Gasteiger partial charge in [0.1, 0.15) is 0 Å². The maximum Gasteiger partial charge on any atom is 0.332 e. The molecule has 0 amide bonds. The molecule has 0 heterocycles. The number of carbonyl (C=O) groups excluding carboxylic acids is 1. The van der Waals surface area contributed by atoms with Crippen molar-refractivity contribution in [3.8, 4) is 0 Å². The summed E-state index contributed by atoms with van der Waals surface area (Å²) in [6, 6.07) is 0. The van der Waals surface area contributed by atoms with Crippen molar-refractivity contribution in [2.24, 2.45) is 0 Å². The summed E-state index contributed by atoms with van der Waals surface area (Å²) in [6.07, 6.45) is 7.55. The van der Waals surface area contributed by atoms with E-state index in [0.29, 0.717) is 6.61 Å². The van der Waals surface area contributed by atoms with Crippen molar-refractivity contribution in [3.05, 3.63) is 12.3 Å². The average Bonchev–Trinajstić information content (AvgIpc) is 2.27. The molecule has 0 aromatic heterocycles. The second-order valence-electron chi connectivity index (χ2n) is 3.87. The first kappa shape index (κ1) is 15.0. The first-order valence-corrected chi connectivity index (χ1v) is 6.33. The molecule has 0 N–H and O–H groups in total. The molecular weight excluding hydrogens is 202 g/mol. The van der Waals surface area contributed by atoms with Crippen LogP contribution in [-0.4, -0.2) is 30.6 Å². The lowest BCUT2D eigenvalue weighted by Gasteiger charge is -2.18. The minimum atomic E-state index is -0.231. The van der Waals surface area contributed by atoms with E-state index >= 15 is 0 Å². The summed E-state index contributed by atoms with van der Waals surface area (Å²) < 4.78 is 5.04. The van der Waals surface area contributed by atoms with E-state index in [2.05, 4.69) is 25.7 Å². The Balaban J connectivity index is 3.86. The van der Waals surface area contributed by atoms with Crippen LogP contribution in [0.1, 0.15) is 46.5 Å². The van der Waals surface area contributed by atoms with Gasteiger partial charge in [0.25, 0.3) is 0 Å². The van der Waals surface area contributed by atoms with Gasteiger partial charge >= 0.3 is 5.97 Å². The third-order valence-electron chi connectivity index (χ3n) is 2.19. The Labute approximate surface area is 99.5 Å². The zero-order valence-electron chi connectivity index (χ0n) is 10.9. The fourth-order valence-corrected chi connectivity index (χ4v) is 1.37. The molecule has 0 bridgehead atoms. The van der Waals surface area contributed by atoms with Gasteiger partial charge in [0.05, 0.1) is 6.61 Å². The van der Waals surface area contributed by atoms with Crippen LogP contribution in [0.4, 0.5) is 0 Å². The Kier molecular flexibility index (Phi) is 9.87. The second-order valence-corrected chi connectivity index (χ2v) is 3.87. The number of carbonyl (C=O) groups is 1. The van der Waals surface area contributed by atoms with E-state index in [4.69, 9.17) is 4.74 Å². The van der Waals surface area contributed by atoms with Crippen molar-refractivity contribution < 1.29 is 9.53 Å². The zero-order chi connectivity index (χ0) is 12.2. The highest BCUT2D eigenvalue weighted by Crippen LogP contribution is 1.96. The maximum absolute atomic E-state index is 11.3. The second kappa shape index (κ2) is 10.5. The third-order valence-corrected chi connectivity index (χ3v) is 2.19. The van der Waals surface area contributed by atoms with Crippen LogP contribution in [0.3, 0.4) is 0 Å². The molecule has 0 rings (SSSR count). The molecule has 0 saturated heterocycles. The first-order valence-electron chi connectivity index (χ1n) is 6.33. The lowest BCUT2D eigenvalue weighted by Crippen LogP contribution is -2.19. The van der Waals surface area contributed by atoms with Gasteiger partial charge < -0.3 is 9.64 Å². The molecule has 0 aliphatic rings. The van der Waals surface area contributed by atoms with Crippen LogP contribution in [0.5, 0.6) is 0 Å². The van der Waals surface area contributed by atoms with Gasteiger partial charge in [-0.25, -0.2) is 4.79 Å². The van der Waals surface area contributed by atoms with Crippen LogP contribution in [0, 0.1) is 0 Å². The molecule has 0 aliphatic heterocycles. The highest BCUT2D eigenvalue weighted by atomic mass is 16.5. The zero-order valence-corrected chi connectivity index (χ0v) is 10.9. The van der Waals surface area contributed by atoms with Crippen molar-refractivity contribution in [1.82, 2.24) is 4.90 Å². The third kappa shape index (κ3) is 8.33. The van der Waals surface area contributed by atoms with Crippen LogP contribution < -0.4 is 0 Å². The molecular formula is C13H25NO2. The van der Waals surface area contributed by atoms with Gasteiger partial charge in [-0.15, -0.1) is 0 Å². The van der Waals surface area contributed by atoms with E-state index in [1.165, 1.54) is 6.08 Å². The fraction of sp³-hybridized carbons (Fsp3) is 0.769. The maximum atomic E-state index is 11.3. The van der Waals surface area contributed by atoms with Crippen LogP contribution >= 0.6 is 0 Å². The molecule has 0 unspecified atom stereocenters. The van der Waals surface area contributed by atoms with E-state index in [1.807, 2.05) is 6.20 Å². The van der Waals surface area contributed by atoms with Crippen molar-refractivity contribution in [3.63, 3.8) is 0 Å². The number of hydrogen-bond donors (Lipinski definition) is 0. The van der Waals surface area contributed by atoms with E-state index in [1.54, 1.807) is 0 Å². The summed E-state index contributed by atoms with van der Waals surface area (Å²) in [4.78, 5) is 13.4. The molecule has 0 radical (unpaired) electrons. The summed E-state index contributed by atoms with van der Waals surface area (Å²) in [5.41, 5.74) is 0. The van der Waals surface area contributed by atoms with Crippen LogP contribution in [-0.2, 0) is 9.53 Å². The Bertz CT molecular complexity index is 196. The number of unbranched alkanes of at least 4 members (excludes halogenated alkanes) is 1. The van der Waals surface area contributed by atoms with E-state index in [0.717, 1.165) is 38.8 Å². The molecule has 0 aromatic rings. The predicted octanol–water partition coefficient (Wildman–Crippen LogP) is 2.97. The lowest BCUT2D eigenvalue weighted by atomic mass is 10.3. The summed E-state index contributed by atoms with van der Waals surface area (Å²) in [6.45, 7) is 8.86. The first-order chi connectivity index (χ1) is 7.74. The molecule has 0 spiro atoms. The summed E-state index contributed by atoms with van der Waals surface area (Å²) in [7, 11) is 0. The number of esters is 1. The van der Waals surface area contributed by atoms with Crippen LogP contribution in [0.15, 0.2) is 12.3 Å². The standard InChI is InChI=1S/C13H25NO2/c1-4-7-12-16-13(15)8-11-14(9-5-2)10-6-3/h8,11H,4-7,9-10,12H2,1-3H3. The van der Waals surface area contributed by atoms with Crippen molar-refractivity contribution in [2.45, 2.75) is 46.5 Å². The number of nitrogens with zero attached hydrogens (tertiary/aromatic N) is 1. The van der Waals surface area contributed by atoms with Gasteiger partial charge in [-0.3, -0.25) is 0 Å². The average molecular weight is 227 g/mol. The highest BCUT2D eigenvalue weighted by molar-refractivity contribution is 5.81. The van der Waals surface area contributed by atoms with Gasteiger partial charge in [0.2, 0.25) is 0 Å². The van der Waals surface area contributed by atoms with Gasteiger partial charge in [0, 0.05) is 25.4 Å². The van der Waals surface area contributed by atoms with E-state index in [-0.39, 0.29) is 5.97 Å². The summed E-state index contributed by atoms with van der Waals surface area (Å²) in [5, 5.41) is 0. The van der Waals surface area contributed by atoms with E-state index in [9.17, 15) is 4.79 Å². The molecule has 0 aliphatic carbocycles. The fourth-order valence-electron chi connectivity index (χ4n) is 1.37. The van der Waals surface area contributed by atoms with Crippen molar-refractivity contribution in [1.29, 1.82) is 0 Å². The van der Waals surface area contributed by atoms with Crippen LogP contribution in [0.2, 0.25) is 0 Å². The quantitative estimate of drug-likeness (QED) is 0.344. The predicted molar refractivity (Wildman–Crippen MR) is 67.2 cm³/mol. The Hall–Kier alpha value is -0.990. The smallest absolute Gasteiger partial charge is 0.332 e. The molecule has 0 aromatic carbocycles. The SMILES string of the molecule is CCCCOC(=O)C=CN(CCC)CCC. The largest absolute Gasteiger partial charge is 0.462 e. The number of hydrogen-bond acceptors (Lipinski definition) is 3. The summed E-state index contributed by atoms with van der Waals surface area (Å²) >= 11 is 0. The lowest BCUT2D eigenvalue weighted by molar-refractivity contribution is -0.137. The number of rotatable bonds is 9. The monoisotopic (exact) mass is 227 g/mol. The van der Waals surface area contributed by atoms with Crippen molar-refractivity contribution in [2.75, 3.05) is 19.7 Å². The van der Waals surface area contributed by atoms with E-state index < -0.39 is 0 Å². The molecule has 0 atom stereocenters. The Morgan fingerprint density at radius 2 is 1.75 bits per heavy atom. The van der Waals surface area contributed by atoms with Gasteiger partial charge in [-0.05, 0) is 19.3 Å². The molecule has 94 valence electrons. The normalized spacial score (nSPS) is 10.7. The molecule has 3 nitrogen and oxygen atoms in total. The van der Waals surface area contributed by atoms with Gasteiger partial charge in [0.15, 0.2) is 0 Å².